The zero-order valence-corrected chi connectivity index (χ0v) is 16.0. The lowest BCUT2D eigenvalue weighted by Crippen LogP contribution is -2.19. The number of carbonyl (C=O) groups excluding carboxylic acids is 1. The van der Waals surface area contributed by atoms with E-state index in [4.69, 9.17) is 21.3 Å². The van der Waals surface area contributed by atoms with Crippen LogP contribution in [0.15, 0.2) is 72.8 Å². The van der Waals surface area contributed by atoms with Crippen molar-refractivity contribution in [2.75, 3.05) is 11.1 Å². The number of anilines is 2. The molecule has 0 radical (unpaired) electrons. The Morgan fingerprint density at radius 3 is 2.47 bits per heavy atom. The van der Waals surface area contributed by atoms with Crippen LogP contribution in [0, 0.1) is 0 Å². The number of carbonyl (C=O) groups is 1. The number of para-hydroxylation sites is 1. The lowest BCUT2D eigenvalue weighted by Gasteiger charge is -2.20. The fourth-order valence-corrected chi connectivity index (χ4v) is 3.63. The van der Waals surface area contributed by atoms with Gasteiger partial charge in [-0.25, -0.2) is 4.68 Å². The van der Waals surface area contributed by atoms with Crippen molar-refractivity contribution < 1.29 is 9.53 Å². The molecular formula is C23H19N5O2. The lowest BCUT2D eigenvalue weighted by atomic mass is 10.1. The van der Waals surface area contributed by atoms with E-state index in [0.717, 1.165) is 22.6 Å². The van der Waals surface area contributed by atoms with Crippen molar-refractivity contribution in [3.05, 3.63) is 83.9 Å². The topological polar surface area (TPSA) is 108 Å². The largest absolute Gasteiger partial charge is 0.457 e. The normalized spacial score (nSPS) is 11.9. The number of fused-ring (bicyclic) bond motifs is 3. The van der Waals surface area contributed by atoms with Crippen molar-refractivity contribution in [3.63, 3.8) is 0 Å². The van der Waals surface area contributed by atoms with Crippen LogP contribution in [-0.4, -0.2) is 15.7 Å². The minimum absolute atomic E-state index is 0.356. The third kappa shape index (κ3) is 3.02. The van der Waals surface area contributed by atoms with Gasteiger partial charge in [0.15, 0.2) is 0 Å². The third-order valence-electron chi connectivity index (χ3n) is 5.02. The molecule has 0 unspecified atom stereocenters. The molecule has 0 saturated carbocycles. The molecule has 1 amide bonds. The van der Waals surface area contributed by atoms with E-state index in [1.54, 1.807) is 4.68 Å². The summed E-state index contributed by atoms with van der Waals surface area (Å²) < 4.78 is 7.55. The number of aromatic nitrogens is 2. The van der Waals surface area contributed by atoms with Crippen LogP contribution < -0.4 is 21.5 Å². The maximum Gasteiger partial charge on any atom is 0.254 e. The third-order valence-corrected chi connectivity index (χ3v) is 5.02. The number of ether oxygens (including phenoxy) is 1. The molecule has 1 aromatic heterocycles. The van der Waals surface area contributed by atoms with E-state index in [2.05, 4.69) is 5.32 Å². The molecular weight excluding hydrogens is 378 g/mol. The van der Waals surface area contributed by atoms with Crippen molar-refractivity contribution >= 4 is 17.4 Å². The molecule has 5 rings (SSSR count). The summed E-state index contributed by atoms with van der Waals surface area (Å²) in [6, 6.07) is 22.6. The second-order valence-corrected chi connectivity index (χ2v) is 7.03. The van der Waals surface area contributed by atoms with Gasteiger partial charge in [0.1, 0.15) is 28.6 Å². The second-order valence-electron chi connectivity index (χ2n) is 7.03. The molecule has 5 N–H and O–H groups in total. The van der Waals surface area contributed by atoms with Crippen molar-refractivity contribution in [3.8, 4) is 28.4 Å². The minimum Gasteiger partial charge on any atom is -0.457 e. The van der Waals surface area contributed by atoms with Crippen molar-refractivity contribution in [1.29, 1.82) is 0 Å². The number of amides is 1. The molecule has 4 aromatic rings. The van der Waals surface area contributed by atoms with Crippen LogP contribution in [0.4, 0.5) is 11.5 Å². The highest BCUT2D eigenvalue weighted by atomic mass is 16.5. The highest BCUT2D eigenvalue weighted by Crippen LogP contribution is 2.36. The van der Waals surface area contributed by atoms with Gasteiger partial charge in [0.2, 0.25) is 0 Å². The molecule has 0 aliphatic carbocycles. The maximum absolute atomic E-state index is 12.3. The molecule has 1 aliphatic rings. The average molecular weight is 397 g/mol. The van der Waals surface area contributed by atoms with Gasteiger partial charge in [0.25, 0.3) is 5.91 Å². The summed E-state index contributed by atoms with van der Waals surface area (Å²) in [5.41, 5.74) is 15.8. The Balaban J connectivity index is 1.55. The molecule has 3 aromatic carbocycles. The van der Waals surface area contributed by atoms with Gasteiger partial charge in [-0.1, -0.05) is 18.2 Å². The first-order valence-electron chi connectivity index (χ1n) is 9.49. The summed E-state index contributed by atoms with van der Waals surface area (Å²) in [4.78, 5) is 12.3. The molecule has 0 atom stereocenters. The maximum atomic E-state index is 12.3. The molecule has 30 heavy (non-hydrogen) atoms. The Hall–Kier alpha value is -4.26. The Morgan fingerprint density at radius 2 is 1.73 bits per heavy atom. The fraction of sp³-hybridized carbons (Fsp3) is 0.0435. The van der Waals surface area contributed by atoms with Crippen molar-refractivity contribution in [2.45, 2.75) is 6.54 Å². The first-order chi connectivity index (χ1) is 14.6. The second kappa shape index (κ2) is 6.97. The molecule has 7 heteroatoms. The summed E-state index contributed by atoms with van der Waals surface area (Å²) >= 11 is 0. The number of primary amides is 1. The van der Waals surface area contributed by atoms with Crippen molar-refractivity contribution in [2.24, 2.45) is 5.73 Å². The first-order valence-corrected chi connectivity index (χ1v) is 9.49. The summed E-state index contributed by atoms with van der Waals surface area (Å²) in [6.45, 7) is 0.537. The van der Waals surface area contributed by atoms with Gasteiger partial charge < -0.3 is 21.5 Å². The predicted molar refractivity (Wildman–Crippen MR) is 116 cm³/mol. The Bertz CT molecular complexity index is 1250. The highest BCUT2D eigenvalue weighted by molar-refractivity contribution is 6.04. The predicted octanol–water partition coefficient (Wildman–Crippen LogP) is 3.94. The van der Waals surface area contributed by atoms with Crippen LogP contribution in [0.5, 0.6) is 11.5 Å². The fourth-order valence-electron chi connectivity index (χ4n) is 3.63. The average Bonchev–Trinajstić information content (AvgIpc) is 3.15. The summed E-state index contributed by atoms with van der Waals surface area (Å²) in [7, 11) is 0. The number of nitrogens with two attached hydrogens (primary N) is 2. The van der Waals surface area contributed by atoms with E-state index in [1.165, 1.54) is 0 Å². The zero-order chi connectivity index (χ0) is 20.7. The van der Waals surface area contributed by atoms with Gasteiger partial charge in [-0.3, -0.25) is 4.79 Å². The first kappa shape index (κ1) is 17.8. The number of nitrogen functional groups attached to an aromatic ring is 1. The van der Waals surface area contributed by atoms with E-state index >= 15 is 0 Å². The van der Waals surface area contributed by atoms with Crippen LogP contribution in [0.1, 0.15) is 15.9 Å². The van der Waals surface area contributed by atoms with E-state index in [1.807, 2.05) is 72.8 Å². The molecule has 148 valence electrons. The molecule has 0 bridgehead atoms. The molecule has 7 nitrogen and oxygen atoms in total. The van der Waals surface area contributed by atoms with E-state index in [-0.39, 0.29) is 0 Å². The van der Waals surface area contributed by atoms with Gasteiger partial charge in [-0.15, -0.1) is 0 Å². The monoisotopic (exact) mass is 397 g/mol. The lowest BCUT2D eigenvalue weighted by molar-refractivity contribution is 0.100. The molecule has 2 heterocycles. The number of nitrogens with zero attached hydrogens (tertiary/aromatic N) is 2. The van der Waals surface area contributed by atoms with Crippen molar-refractivity contribution in [1.82, 2.24) is 9.78 Å². The summed E-state index contributed by atoms with van der Waals surface area (Å²) in [5, 5.41) is 7.95. The Labute approximate surface area is 172 Å². The highest BCUT2D eigenvalue weighted by Gasteiger charge is 2.27. The molecule has 0 saturated heterocycles. The number of hydrogen-bond donors (Lipinski definition) is 3. The van der Waals surface area contributed by atoms with Crippen LogP contribution >= 0.6 is 0 Å². The van der Waals surface area contributed by atoms with Gasteiger partial charge in [0, 0.05) is 17.8 Å². The Morgan fingerprint density at radius 1 is 1.00 bits per heavy atom. The number of benzene rings is 3. The van der Waals surface area contributed by atoms with Gasteiger partial charge >= 0.3 is 0 Å². The Kier molecular flexibility index (Phi) is 4.14. The standard InChI is InChI=1S/C23H19N5O2/c24-16-8-11-19-15(12-16)13-26-23-20(22(25)29)21(27-28(19)23)14-6-9-18(10-7-14)30-17-4-2-1-3-5-17/h1-12,26H,13,24H2,(H2,25,29). The molecule has 0 spiro atoms. The van der Waals surface area contributed by atoms with E-state index in [9.17, 15) is 4.79 Å². The van der Waals surface area contributed by atoms with E-state index < -0.39 is 5.91 Å². The SMILES string of the molecule is NC(=O)c1c(-c2ccc(Oc3ccccc3)cc2)nn2c1NCc1cc(N)ccc1-2. The van der Waals surface area contributed by atoms with Gasteiger partial charge in [-0.2, -0.15) is 5.10 Å². The zero-order valence-electron chi connectivity index (χ0n) is 16.0. The smallest absolute Gasteiger partial charge is 0.254 e. The van der Waals surface area contributed by atoms with Crippen LogP contribution in [0.2, 0.25) is 0 Å². The quantitative estimate of drug-likeness (QED) is 0.452. The van der Waals surface area contributed by atoms with Gasteiger partial charge in [-0.05, 0) is 60.2 Å². The summed E-state index contributed by atoms with van der Waals surface area (Å²) in [6.07, 6.45) is 0. The van der Waals surface area contributed by atoms with Crippen LogP contribution in [0.3, 0.4) is 0 Å². The minimum atomic E-state index is -0.540. The van der Waals surface area contributed by atoms with Crippen LogP contribution in [0.25, 0.3) is 16.9 Å². The van der Waals surface area contributed by atoms with Gasteiger partial charge in [0.05, 0.1) is 5.69 Å². The molecule has 0 fully saturated rings. The van der Waals surface area contributed by atoms with Crippen LogP contribution in [-0.2, 0) is 6.54 Å². The van der Waals surface area contributed by atoms with E-state index in [0.29, 0.717) is 35.1 Å². The number of hydrogen-bond acceptors (Lipinski definition) is 5. The summed E-state index contributed by atoms with van der Waals surface area (Å²) in [5.74, 6) is 1.48. The number of nitrogens with one attached hydrogen (secondary N) is 1. The number of rotatable bonds is 4. The molecule has 1 aliphatic heterocycles.